The lowest BCUT2D eigenvalue weighted by Gasteiger charge is -2.42. The summed E-state index contributed by atoms with van der Waals surface area (Å²) in [5, 5.41) is 0.424. The van der Waals surface area contributed by atoms with E-state index in [-0.39, 0.29) is 18.6 Å². The average molecular weight is 304 g/mol. The molecule has 1 aromatic carbocycles. The van der Waals surface area contributed by atoms with Crippen molar-refractivity contribution in [3.8, 4) is 0 Å². The molecule has 0 amide bonds. The number of nitrogens with two attached hydrogens (primary N) is 1. The summed E-state index contributed by atoms with van der Waals surface area (Å²) < 4.78 is 39.9. The van der Waals surface area contributed by atoms with Gasteiger partial charge in [-0.05, 0) is 24.6 Å². The fourth-order valence-corrected chi connectivity index (χ4v) is 3.75. The third kappa shape index (κ3) is 2.97. The maximum absolute atomic E-state index is 13.4. The van der Waals surface area contributed by atoms with Crippen molar-refractivity contribution in [3.05, 3.63) is 35.1 Å². The molecule has 112 valence electrons. The maximum atomic E-state index is 13.4. The Hall–Kier alpha value is -0.720. The molecule has 1 heterocycles. The van der Waals surface area contributed by atoms with Crippen molar-refractivity contribution in [2.24, 2.45) is 5.73 Å². The van der Waals surface area contributed by atoms with Gasteiger partial charge >= 0.3 is 0 Å². The largest absolute Gasteiger partial charge is 0.329 e. The Kier molecular flexibility index (Phi) is 4.99. The number of halogens is 3. The van der Waals surface area contributed by atoms with Gasteiger partial charge in [-0.3, -0.25) is 4.90 Å². The number of thioether (sulfide) groups is 1. The van der Waals surface area contributed by atoms with Crippen LogP contribution in [0.15, 0.2) is 12.1 Å². The lowest BCUT2D eigenvalue weighted by molar-refractivity contribution is 0.150. The molecule has 0 spiro atoms. The monoisotopic (exact) mass is 304 g/mol. The van der Waals surface area contributed by atoms with E-state index in [1.807, 2.05) is 11.8 Å². The van der Waals surface area contributed by atoms with E-state index in [0.29, 0.717) is 10.8 Å². The zero-order chi connectivity index (χ0) is 14.9. The molecule has 2 rings (SSSR count). The first-order valence-corrected chi connectivity index (χ1v) is 7.72. The van der Waals surface area contributed by atoms with Crippen LogP contribution in [0.5, 0.6) is 0 Å². The van der Waals surface area contributed by atoms with Crippen molar-refractivity contribution >= 4 is 11.8 Å². The first kappa shape index (κ1) is 15.7. The van der Waals surface area contributed by atoms with Crippen LogP contribution >= 0.6 is 11.8 Å². The van der Waals surface area contributed by atoms with Gasteiger partial charge < -0.3 is 5.73 Å². The molecule has 0 aliphatic carbocycles. The molecule has 1 fully saturated rings. The van der Waals surface area contributed by atoms with Gasteiger partial charge in [0.05, 0.1) is 0 Å². The van der Waals surface area contributed by atoms with E-state index < -0.39 is 17.5 Å². The first-order valence-electron chi connectivity index (χ1n) is 6.67. The molecule has 1 aliphatic heterocycles. The summed E-state index contributed by atoms with van der Waals surface area (Å²) in [4.78, 5) is 2.15. The van der Waals surface area contributed by atoms with E-state index in [2.05, 4.69) is 18.7 Å². The molecule has 2 N–H and O–H groups in total. The molecule has 3 unspecified atom stereocenters. The van der Waals surface area contributed by atoms with Crippen molar-refractivity contribution in [1.82, 2.24) is 4.90 Å². The summed E-state index contributed by atoms with van der Waals surface area (Å²) in [5.41, 5.74) is 6.19. The van der Waals surface area contributed by atoms with Crippen LogP contribution in [-0.4, -0.2) is 35.0 Å². The first-order chi connectivity index (χ1) is 9.45. The van der Waals surface area contributed by atoms with Gasteiger partial charge in [0.25, 0.3) is 0 Å². The van der Waals surface area contributed by atoms with Crippen LogP contribution in [0.1, 0.15) is 25.5 Å². The van der Waals surface area contributed by atoms with Gasteiger partial charge in [-0.25, -0.2) is 13.2 Å². The Bertz CT molecular complexity index is 460. The molecule has 1 saturated heterocycles. The van der Waals surface area contributed by atoms with E-state index in [1.54, 1.807) is 0 Å². The molecule has 0 bridgehead atoms. The van der Waals surface area contributed by atoms with E-state index in [9.17, 15) is 13.2 Å². The summed E-state index contributed by atoms with van der Waals surface area (Å²) in [5.74, 6) is -2.80. The molecule has 2 nitrogen and oxygen atoms in total. The van der Waals surface area contributed by atoms with E-state index in [0.717, 1.165) is 24.4 Å². The quantitative estimate of drug-likeness (QED) is 0.871. The number of hydrogen-bond donors (Lipinski definition) is 1. The topological polar surface area (TPSA) is 29.3 Å². The predicted molar refractivity (Wildman–Crippen MR) is 76.2 cm³/mol. The van der Waals surface area contributed by atoms with Crippen LogP contribution in [0, 0.1) is 17.5 Å². The van der Waals surface area contributed by atoms with Gasteiger partial charge in [-0.15, -0.1) is 0 Å². The molecule has 0 saturated carbocycles. The molecule has 6 heteroatoms. The average Bonchev–Trinajstić information content (AvgIpc) is 2.41. The Morgan fingerprint density at radius 3 is 2.45 bits per heavy atom. The Morgan fingerprint density at radius 2 is 1.90 bits per heavy atom. The molecule has 3 atom stereocenters. The smallest absolute Gasteiger partial charge is 0.194 e. The SMILES string of the molecule is CC1SCCN(C(CN)c2cc(F)c(F)c(F)c2)C1C. The predicted octanol–water partition coefficient (Wildman–Crippen LogP) is 2.93. The number of hydrogen-bond acceptors (Lipinski definition) is 3. The van der Waals surface area contributed by atoms with Crippen LogP contribution in [0.4, 0.5) is 13.2 Å². The summed E-state index contributed by atoms with van der Waals surface area (Å²) >= 11 is 1.87. The van der Waals surface area contributed by atoms with Crippen molar-refractivity contribution in [1.29, 1.82) is 0 Å². The van der Waals surface area contributed by atoms with Gasteiger partial charge in [0.1, 0.15) is 0 Å². The van der Waals surface area contributed by atoms with E-state index in [1.165, 1.54) is 0 Å². The second-order valence-corrected chi connectivity index (χ2v) is 6.59. The van der Waals surface area contributed by atoms with Crippen LogP contribution < -0.4 is 5.73 Å². The third-order valence-electron chi connectivity index (χ3n) is 3.95. The highest BCUT2D eigenvalue weighted by Crippen LogP contribution is 2.32. The molecule has 0 radical (unpaired) electrons. The zero-order valence-electron chi connectivity index (χ0n) is 11.6. The lowest BCUT2D eigenvalue weighted by Crippen LogP contribution is -2.48. The Labute approximate surface area is 121 Å². The standard InChI is InChI=1S/C14H19F3N2S/c1-8-9(2)20-4-3-19(8)13(7-18)10-5-11(15)14(17)12(16)6-10/h5-6,8-9,13H,3-4,7,18H2,1-2H3. The second-order valence-electron chi connectivity index (χ2n) is 5.10. The van der Waals surface area contributed by atoms with Gasteiger partial charge in [-0.1, -0.05) is 6.92 Å². The number of nitrogens with zero attached hydrogens (tertiary/aromatic N) is 1. The Morgan fingerprint density at radius 1 is 1.30 bits per heavy atom. The highest BCUT2D eigenvalue weighted by molar-refractivity contribution is 8.00. The summed E-state index contributed by atoms with van der Waals surface area (Å²) in [7, 11) is 0. The molecule has 1 aromatic rings. The highest BCUT2D eigenvalue weighted by atomic mass is 32.2. The number of benzene rings is 1. The second kappa shape index (κ2) is 6.37. The van der Waals surface area contributed by atoms with Crippen molar-refractivity contribution in [2.45, 2.75) is 31.2 Å². The summed E-state index contributed by atoms with van der Waals surface area (Å²) in [6.07, 6.45) is 0. The van der Waals surface area contributed by atoms with Crippen LogP contribution in [-0.2, 0) is 0 Å². The van der Waals surface area contributed by atoms with Gasteiger partial charge in [0, 0.05) is 36.2 Å². The fraction of sp³-hybridized carbons (Fsp3) is 0.571. The maximum Gasteiger partial charge on any atom is 0.194 e. The van der Waals surface area contributed by atoms with Gasteiger partial charge in [-0.2, -0.15) is 11.8 Å². The molecule has 0 aromatic heterocycles. The van der Waals surface area contributed by atoms with Crippen LogP contribution in [0.2, 0.25) is 0 Å². The summed E-state index contributed by atoms with van der Waals surface area (Å²) in [6, 6.07) is 2.06. The van der Waals surface area contributed by atoms with Gasteiger partial charge in [0.15, 0.2) is 17.5 Å². The minimum absolute atomic E-state index is 0.242. The third-order valence-corrected chi connectivity index (χ3v) is 5.29. The Balaban J connectivity index is 2.32. The fourth-order valence-electron chi connectivity index (χ4n) is 2.63. The lowest BCUT2D eigenvalue weighted by atomic mass is 10.0. The zero-order valence-corrected chi connectivity index (χ0v) is 12.4. The molecule has 20 heavy (non-hydrogen) atoms. The highest BCUT2D eigenvalue weighted by Gasteiger charge is 2.31. The normalized spacial score (nSPS) is 25.7. The van der Waals surface area contributed by atoms with E-state index in [4.69, 9.17) is 5.73 Å². The van der Waals surface area contributed by atoms with Crippen molar-refractivity contribution in [3.63, 3.8) is 0 Å². The molecule has 1 aliphatic rings. The van der Waals surface area contributed by atoms with Gasteiger partial charge in [0.2, 0.25) is 0 Å². The van der Waals surface area contributed by atoms with Crippen molar-refractivity contribution in [2.75, 3.05) is 18.8 Å². The molecular weight excluding hydrogens is 285 g/mol. The van der Waals surface area contributed by atoms with Crippen molar-refractivity contribution < 1.29 is 13.2 Å². The summed E-state index contributed by atoms with van der Waals surface area (Å²) in [6.45, 7) is 5.25. The number of rotatable bonds is 3. The minimum Gasteiger partial charge on any atom is -0.329 e. The minimum atomic E-state index is -1.43. The van der Waals surface area contributed by atoms with Crippen LogP contribution in [0.25, 0.3) is 0 Å². The van der Waals surface area contributed by atoms with E-state index >= 15 is 0 Å². The molecular formula is C14H19F3N2S. The van der Waals surface area contributed by atoms with Crippen LogP contribution in [0.3, 0.4) is 0 Å².